The summed E-state index contributed by atoms with van der Waals surface area (Å²) < 4.78 is 27.7. The highest BCUT2D eigenvalue weighted by Gasteiger charge is 2.25. The Morgan fingerprint density at radius 2 is 2.00 bits per heavy atom. The fraction of sp³-hybridized carbons (Fsp3) is 1.00. The molecule has 0 saturated carbocycles. The molecule has 4 nitrogen and oxygen atoms in total. The van der Waals surface area contributed by atoms with Crippen LogP contribution in [-0.2, 0) is 10.2 Å². The van der Waals surface area contributed by atoms with Gasteiger partial charge in [-0.2, -0.15) is 12.7 Å². The SMILES string of the molecule is CC(Br)CNS(=O)(=O)N1CCC(C)CC1. The molecule has 1 unspecified atom stereocenters. The van der Waals surface area contributed by atoms with E-state index in [1.54, 1.807) is 4.31 Å². The van der Waals surface area contributed by atoms with Crippen LogP contribution in [0.15, 0.2) is 0 Å². The van der Waals surface area contributed by atoms with Crippen molar-refractivity contribution >= 4 is 26.1 Å². The van der Waals surface area contributed by atoms with Gasteiger partial charge in [0.1, 0.15) is 0 Å². The summed E-state index contributed by atoms with van der Waals surface area (Å²) in [6, 6.07) is 0. The molecule has 0 aromatic rings. The van der Waals surface area contributed by atoms with Crippen LogP contribution in [0, 0.1) is 5.92 Å². The maximum absolute atomic E-state index is 11.8. The molecule has 1 atom stereocenters. The van der Waals surface area contributed by atoms with E-state index in [0.29, 0.717) is 25.6 Å². The molecule has 1 saturated heterocycles. The molecule has 6 heteroatoms. The van der Waals surface area contributed by atoms with Crippen molar-refractivity contribution in [3.63, 3.8) is 0 Å². The van der Waals surface area contributed by atoms with E-state index in [1.165, 1.54) is 0 Å². The minimum Gasteiger partial charge on any atom is -0.201 e. The lowest BCUT2D eigenvalue weighted by Crippen LogP contribution is -2.45. The molecular weight excluding hydrogens is 280 g/mol. The summed E-state index contributed by atoms with van der Waals surface area (Å²) in [6.45, 7) is 5.81. The fourth-order valence-electron chi connectivity index (χ4n) is 1.54. The van der Waals surface area contributed by atoms with Crippen molar-refractivity contribution in [3.8, 4) is 0 Å². The first-order valence-corrected chi connectivity index (χ1v) is 7.66. The van der Waals surface area contributed by atoms with Gasteiger partial charge in [0.25, 0.3) is 10.2 Å². The van der Waals surface area contributed by atoms with Crippen molar-refractivity contribution in [2.45, 2.75) is 31.5 Å². The van der Waals surface area contributed by atoms with Crippen molar-refractivity contribution in [1.82, 2.24) is 9.03 Å². The van der Waals surface area contributed by atoms with E-state index < -0.39 is 10.2 Å². The number of rotatable bonds is 4. The third kappa shape index (κ3) is 4.38. The zero-order valence-corrected chi connectivity index (χ0v) is 11.6. The number of halogens is 1. The Balaban J connectivity index is 2.47. The largest absolute Gasteiger partial charge is 0.279 e. The van der Waals surface area contributed by atoms with Crippen LogP contribution in [-0.4, -0.2) is 37.2 Å². The average Bonchev–Trinajstić information content (AvgIpc) is 2.16. The number of alkyl halides is 1. The Bertz CT molecular complexity index is 284. The molecule has 0 aromatic heterocycles. The lowest BCUT2D eigenvalue weighted by molar-refractivity contribution is 0.285. The summed E-state index contributed by atoms with van der Waals surface area (Å²) in [5.74, 6) is 0.645. The van der Waals surface area contributed by atoms with Gasteiger partial charge in [0.15, 0.2) is 0 Å². The highest BCUT2D eigenvalue weighted by atomic mass is 79.9. The van der Waals surface area contributed by atoms with Crippen molar-refractivity contribution in [3.05, 3.63) is 0 Å². The minimum absolute atomic E-state index is 0.163. The molecule has 1 N–H and O–H groups in total. The van der Waals surface area contributed by atoms with E-state index >= 15 is 0 Å². The highest BCUT2D eigenvalue weighted by Crippen LogP contribution is 2.17. The van der Waals surface area contributed by atoms with Crippen LogP contribution in [0.1, 0.15) is 26.7 Å². The average molecular weight is 299 g/mol. The first kappa shape index (κ1) is 13.4. The molecule has 0 spiro atoms. The van der Waals surface area contributed by atoms with Gasteiger partial charge >= 0.3 is 0 Å². The minimum atomic E-state index is -3.25. The van der Waals surface area contributed by atoms with Gasteiger partial charge in [-0.1, -0.05) is 29.8 Å². The van der Waals surface area contributed by atoms with Crippen molar-refractivity contribution in [2.75, 3.05) is 19.6 Å². The summed E-state index contributed by atoms with van der Waals surface area (Å²) in [7, 11) is -3.25. The first-order chi connectivity index (χ1) is 6.92. The van der Waals surface area contributed by atoms with Crippen LogP contribution in [0.25, 0.3) is 0 Å². The smallest absolute Gasteiger partial charge is 0.201 e. The summed E-state index contributed by atoms with van der Waals surface area (Å²) in [4.78, 5) is 0.163. The predicted molar refractivity (Wildman–Crippen MR) is 65.3 cm³/mol. The zero-order chi connectivity index (χ0) is 11.5. The molecule has 1 aliphatic rings. The van der Waals surface area contributed by atoms with Gasteiger partial charge in [-0.3, -0.25) is 0 Å². The predicted octanol–water partition coefficient (Wildman–Crippen LogP) is 1.34. The third-order valence-electron chi connectivity index (χ3n) is 2.63. The number of hydrogen-bond acceptors (Lipinski definition) is 2. The lowest BCUT2D eigenvalue weighted by atomic mass is 10.0. The van der Waals surface area contributed by atoms with Gasteiger partial charge in [-0.25, -0.2) is 4.72 Å². The fourth-order valence-corrected chi connectivity index (χ4v) is 3.25. The van der Waals surface area contributed by atoms with Gasteiger partial charge in [0.05, 0.1) is 0 Å². The molecule has 0 aliphatic carbocycles. The second-order valence-corrected chi connectivity index (χ2v) is 7.53. The molecule has 0 radical (unpaired) electrons. The van der Waals surface area contributed by atoms with Crippen LogP contribution in [0.3, 0.4) is 0 Å². The molecule has 1 heterocycles. The maximum atomic E-state index is 11.8. The van der Waals surface area contributed by atoms with Crippen LogP contribution < -0.4 is 4.72 Å². The van der Waals surface area contributed by atoms with E-state index in [9.17, 15) is 8.42 Å². The highest BCUT2D eigenvalue weighted by molar-refractivity contribution is 9.09. The molecule has 90 valence electrons. The van der Waals surface area contributed by atoms with E-state index in [-0.39, 0.29) is 4.83 Å². The molecule has 0 bridgehead atoms. The summed E-state index contributed by atoms with van der Waals surface area (Å²) >= 11 is 3.32. The topological polar surface area (TPSA) is 49.4 Å². The van der Waals surface area contributed by atoms with Crippen LogP contribution in [0.2, 0.25) is 0 Å². The number of piperidine rings is 1. The Kier molecular flexibility index (Phi) is 5.02. The molecule has 1 aliphatic heterocycles. The molecule has 1 rings (SSSR count). The van der Waals surface area contributed by atoms with Crippen molar-refractivity contribution < 1.29 is 8.42 Å². The Labute approximate surface area is 101 Å². The van der Waals surface area contributed by atoms with Gasteiger partial charge in [0, 0.05) is 24.5 Å². The third-order valence-corrected chi connectivity index (χ3v) is 4.53. The van der Waals surface area contributed by atoms with Crippen molar-refractivity contribution in [1.29, 1.82) is 0 Å². The molecular formula is C9H19BrN2O2S. The van der Waals surface area contributed by atoms with Crippen LogP contribution in [0.5, 0.6) is 0 Å². The van der Waals surface area contributed by atoms with Gasteiger partial charge in [-0.15, -0.1) is 0 Å². The standard InChI is InChI=1S/C9H19BrN2O2S/c1-8-3-5-12(6-4-8)15(13,14)11-7-9(2)10/h8-9,11H,3-7H2,1-2H3. The number of hydrogen-bond donors (Lipinski definition) is 1. The molecule has 15 heavy (non-hydrogen) atoms. The Morgan fingerprint density at radius 3 is 2.47 bits per heavy atom. The molecule has 1 fully saturated rings. The van der Waals surface area contributed by atoms with E-state index in [0.717, 1.165) is 12.8 Å². The maximum Gasteiger partial charge on any atom is 0.279 e. The Hall–Kier alpha value is 0.350. The van der Waals surface area contributed by atoms with Gasteiger partial charge in [-0.05, 0) is 18.8 Å². The summed E-state index contributed by atoms with van der Waals surface area (Å²) in [5.41, 5.74) is 0. The van der Waals surface area contributed by atoms with Crippen LogP contribution in [0.4, 0.5) is 0 Å². The quantitative estimate of drug-likeness (QED) is 0.796. The normalized spacial score (nSPS) is 22.9. The second kappa shape index (κ2) is 5.61. The van der Waals surface area contributed by atoms with Gasteiger partial charge < -0.3 is 0 Å². The monoisotopic (exact) mass is 298 g/mol. The summed E-state index contributed by atoms with van der Waals surface area (Å²) in [6.07, 6.45) is 1.93. The molecule has 0 aromatic carbocycles. The lowest BCUT2D eigenvalue weighted by Gasteiger charge is -2.29. The van der Waals surface area contributed by atoms with Crippen molar-refractivity contribution in [2.24, 2.45) is 5.92 Å². The van der Waals surface area contributed by atoms with Gasteiger partial charge in [0.2, 0.25) is 0 Å². The van der Waals surface area contributed by atoms with E-state index in [2.05, 4.69) is 27.6 Å². The Morgan fingerprint density at radius 1 is 1.47 bits per heavy atom. The van der Waals surface area contributed by atoms with E-state index in [4.69, 9.17) is 0 Å². The van der Waals surface area contributed by atoms with Crippen LogP contribution >= 0.6 is 15.9 Å². The summed E-state index contributed by atoms with van der Waals surface area (Å²) in [5, 5.41) is 0. The van der Waals surface area contributed by atoms with E-state index in [1.807, 2.05) is 6.92 Å². The molecule has 0 amide bonds. The number of nitrogens with one attached hydrogen (secondary N) is 1. The number of nitrogens with zero attached hydrogens (tertiary/aromatic N) is 1. The first-order valence-electron chi connectivity index (χ1n) is 5.30. The zero-order valence-electron chi connectivity index (χ0n) is 9.24. The second-order valence-electron chi connectivity index (χ2n) is 4.22.